The van der Waals surface area contributed by atoms with Gasteiger partial charge in [-0.2, -0.15) is 5.26 Å². The quantitative estimate of drug-likeness (QED) is 0.719. The van der Waals surface area contributed by atoms with Crippen LogP contribution in [-0.2, 0) is 10.2 Å². The van der Waals surface area contributed by atoms with Gasteiger partial charge in [-0.3, -0.25) is 0 Å². The molecule has 0 saturated heterocycles. The minimum Gasteiger partial charge on any atom is -0.456 e. The third-order valence-corrected chi connectivity index (χ3v) is 4.49. The van der Waals surface area contributed by atoms with Gasteiger partial charge >= 0.3 is 0 Å². The van der Waals surface area contributed by atoms with Gasteiger partial charge in [0.15, 0.2) is 11.3 Å². The number of hydrogen-bond donors (Lipinski definition) is 2. The molecular formula is C17H18BrN3O2. The zero-order chi connectivity index (χ0) is 17.0. The van der Waals surface area contributed by atoms with Crippen molar-refractivity contribution in [3.05, 3.63) is 45.5 Å². The molecular weight excluding hydrogens is 358 g/mol. The lowest BCUT2D eigenvalue weighted by Crippen LogP contribution is -2.44. The van der Waals surface area contributed by atoms with Crippen molar-refractivity contribution in [2.75, 3.05) is 5.32 Å². The van der Waals surface area contributed by atoms with Crippen molar-refractivity contribution in [1.82, 2.24) is 0 Å². The molecule has 1 atom stereocenters. The predicted octanol–water partition coefficient (Wildman–Crippen LogP) is 3.88. The van der Waals surface area contributed by atoms with Gasteiger partial charge < -0.3 is 20.5 Å². The molecule has 2 aliphatic rings. The summed E-state index contributed by atoms with van der Waals surface area (Å²) in [6.07, 6.45) is 1.73. The Bertz CT molecular complexity index is 799. The fourth-order valence-electron chi connectivity index (χ4n) is 2.72. The minimum absolute atomic E-state index is 0.0106. The molecule has 0 bridgehead atoms. The number of nitrogens with zero attached hydrogens (tertiary/aromatic N) is 1. The zero-order valence-electron chi connectivity index (χ0n) is 13.5. The van der Waals surface area contributed by atoms with Gasteiger partial charge in [0, 0.05) is 6.08 Å². The van der Waals surface area contributed by atoms with Crippen LogP contribution in [0, 0.1) is 11.3 Å². The fraction of sp³-hybridized carbons (Fsp3) is 0.353. The van der Waals surface area contributed by atoms with Crippen molar-refractivity contribution >= 4 is 21.6 Å². The van der Waals surface area contributed by atoms with Gasteiger partial charge in [0.25, 0.3) is 0 Å². The highest BCUT2D eigenvalue weighted by atomic mass is 79.9. The molecule has 3 N–H and O–H groups in total. The molecule has 0 aromatic heterocycles. The summed E-state index contributed by atoms with van der Waals surface area (Å²) in [6.45, 7) is 8.20. The Morgan fingerprint density at radius 3 is 2.65 bits per heavy atom. The highest BCUT2D eigenvalue weighted by Gasteiger charge is 2.47. The summed E-state index contributed by atoms with van der Waals surface area (Å²) in [5.74, 6) is 1.29. The van der Waals surface area contributed by atoms with E-state index in [1.165, 1.54) is 0 Å². The molecule has 3 rings (SSSR count). The molecule has 5 nitrogen and oxygen atoms in total. The molecule has 120 valence electrons. The minimum atomic E-state index is -1.12. The summed E-state index contributed by atoms with van der Waals surface area (Å²) in [5, 5.41) is 12.8. The Hall–Kier alpha value is -2.13. The molecule has 2 heterocycles. The summed E-state index contributed by atoms with van der Waals surface area (Å²) in [7, 11) is 0. The highest BCUT2D eigenvalue weighted by molar-refractivity contribution is 9.10. The molecule has 0 aliphatic carbocycles. The average molecular weight is 376 g/mol. The van der Waals surface area contributed by atoms with Crippen molar-refractivity contribution in [3.8, 4) is 11.8 Å². The standard InChI is InChI=1S/C17H18BrN3O2/c1-9-7-17(11(8-19)15(20)22-9)21-13-6-10(16(2,3)4)5-12(18)14(13)23-17/h5-7,21H,20H2,1-4H3/t17-/m1/s1. The second-order valence-corrected chi connectivity index (χ2v) is 7.61. The van der Waals surface area contributed by atoms with E-state index in [0.29, 0.717) is 11.5 Å². The second-order valence-electron chi connectivity index (χ2n) is 6.76. The first-order chi connectivity index (χ1) is 10.7. The monoisotopic (exact) mass is 375 g/mol. The molecule has 1 spiro atoms. The molecule has 6 heteroatoms. The Morgan fingerprint density at radius 2 is 2.04 bits per heavy atom. The lowest BCUT2D eigenvalue weighted by Gasteiger charge is -2.30. The average Bonchev–Trinajstić information content (AvgIpc) is 2.76. The van der Waals surface area contributed by atoms with Crippen LogP contribution in [0.1, 0.15) is 33.3 Å². The molecule has 2 aliphatic heterocycles. The van der Waals surface area contributed by atoms with Gasteiger partial charge in [-0.15, -0.1) is 0 Å². The van der Waals surface area contributed by atoms with Gasteiger partial charge in [0.05, 0.1) is 10.2 Å². The van der Waals surface area contributed by atoms with Crippen molar-refractivity contribution in [2.24, 2.45) is 5.73 Å². The van der Waals surface area contributed by atoms with E-state index in [9.17, 15) is 5.26 Å². The van der Waals surface area contributed by atoms with Crippen LogP contribution in [0.2, 0.25) is 0 Å². The van der Waals surface area contributed by atoms with Crippen molar-refractivity contribution < 1.29 is 9.47 Å². The van der Waals surface area contributed by atoms with E-state index in [1.807, 2.05) is 12.1 Å². The summed E-state index contributed by atoms with van der Waals surface area (Å²) in [5.41, 5.74) is 6.92. The van der Waals surface area contributed by atoms with Crippen LogP contribution in [0.3, 0.4) is 0 Å². The molecule has 0 fully saturated rings. The third kappa shape index (κ3) is 2.45. The molecule has 23 heavy (non-hydrogen) atoms. The Labute approximate surface area is 143 Å². The van der Waals surface area contributed by atoms with Crippen LogP contribution in [-0.4, -0.2) is 5.72 Å². The number of nitriles is 1. The Morgan fingerprint density at radius 1 is 1.35 bits per heavy atom. The number of hydrogen-bond acceptors (Lipinski definition) is 5. The molecule has 1 aromatic carbocycles. The van der Waals surface area contributed by atoms with Crippen molar-refractivity contribution in [1.29, 1.82) is 5.26 Å². The lowest BCUT2D eigenvalue weighted by atomic mass is 9.87. The summed E-state index contributed by atoms with van der Waals surface area (Å²) in [4.78, 5) is 0. The maximum Gasteiger partial charge on any atom is 0.245 e. The largest absolute Gasteiger partial charge is 0.456 e. The molecule has 0 unspecified atom stereocenters. The molecule has 0 radical (unpaired) electrons. The first-order valence-corrected chi connectivity index (χ1v) is 8.04. The SMILES string of the molecule is CC1=C[C@]2(Nc3cc(C(C)(C)C)cc(Br)c3O2)C(C#N)=C(N)O1. The van der Waals surface area contributed by atoms with Gasteiger partial charge in [0.1, 0.15) is 11.8 Å². The number of halogens is 1. The predicted molar refractivity (Wildman–Crippen MR) is 91.5 cm³/mol. The van der Waals surface area contributed by atoms with Crippen LogP contribution in [0.4, 0.5) is 5.69 Å². The van der Waals surface area contributed by atoms with E-state index in [-0.39, 0.29) is 16.9 Å². The van der Waals surface area contributed by atoms with Gasteiger partial charge in [-0.1, -0.05) is 20.8 Å². The van der Waals surface area contributed by atoms with Crippen LogP contribution < -0.4 is 15.8 Å². The summed E-state index contributed by atoms with van der Waals surface area (Å²) >= 11 is 3.57. The Balaban J connectivity index is 2.13. The number of fused-ring (bicyclic) bond motifs is 1. The topological polar surface area (TPSA) is 80.3 Å². The van der Waals surface area contributed by atoms with Crippen molar-refractivity contribution in [2.45, 2.75) is 38.8 Å². The molecule has 0 amide bonds. The number of allylic oxidation sites excluding steroid dienone is 1. The first kappa shape index (κ1) is 15.8. The first-order valence-electron chi connectivity index (χ1n) is 7.25. The van der Waals surface area contributed by atoms with Crippen LogP contribution >= 0.6 is 15.9 Å². The number of ether oxygens (including phenoxy) is 2. The molecule has 1 aromatic rings. The van der Waals surface area contributed by atoms with E-state index in [2.05, 4.69) is 48.1 Å². The summed E-state index contributed by atoms with van der Waals surface area (Å²) in [6, 6.07) is 6.17. The maximum atomic E-state index is 9.48. The number of nitrogens with two attached hydrogens (primary N) is 1. The second kappa shape index (κ2) is 4.93. The normalized spacial score (nSPS) is 22.7. The zero-order valence-corrected chi connectivity index (χ0v) is 15.0. The lowest BCUT2D eigenvalue weighted by molar-refractivity contribution is 0.174. The summed E-state index contributed by atoms with van der Waals surface area (Å²) < 4.78 is 12.3. The number of anilines is 1. The van der Waals surface area contributed by atoms with E-state index < -0.39 is 5.72 Å². The maximum absolute atomic E-state index is 9.48. The van der Waals surface area contributed by atoms with Crippen LogP contribution in [0.5, 0.6) is 5.75 Å². The van der Waals surface area contributed by atoms with E-state index >= 15 is 0 Å². The smallest absolute Gasteiger partial charge is 0.245 e. The Kier molecular flexibility index (Phi) is 3.38. The molecule has 0 saturated carbocycles. The van der Waals surface area contributed by atoms with Gasteiger partial charge in [-0.05, 0) is 46.0 Å². The van der Waals surface area contributed by atoms with Crippen LogP contribution in [0.15, 0.2) is 39.9 Å². The number of benzene rings is 1. The fourth-order valence-corrected chi connectivity index (χ4v) is 3.26. The number of rotatable bonds is 0. The van der Waals surface area contributed by atoms with E-state index in [4.69, 9.17) is 15.2 Å². The van der Waals surface area contributed by atoms with Gasteiger partial charge in [0.2, 0.25) is 11.6 Å². The van der Waals surface area contributed by atoms with E-state index in [0.717, 1.165) is 15.7 Å². The van der Waals surface area contributed by atoms with Gasteiger partial charge in [-0.25, -0.2) is 0 Å². The number of nitrogens with one attached hydrogen (secondary N) is 1. The van der Waals surface area contributed by atoms with Crippen LogP contribution in [0.25, 0.3) is 0 Å². The van der Waals surface area contributed by atoms with E-state index in [1.54, 1.807) is 13.0 Å². The third-order valence-electron chi connectivity index (χ3n) is 3.90. The highest BCUT2D eigenvalue weighted by Crippen LogP contribution is 2.48. The van der Waals surface area contributed by atoms with Crippen molar-refractivity contribution in [3.63, 3.8) is 0 Å².